The Morgan fingerprint density at radius 2 is 1.96 bits per heavy atom. The first-order valence-corrected chi connectivity index (χ1v) is 8.29. The van der Waals surface area contributed by atoms with Crippen LogP contribution in [-0.2, 0) is 10.0 Å². The normalized spacial score (nSPS) is 11.8. The Morgan fingerprint density at radius 3 is 2.83 bits per heavy atom. The van der Waals surface area contributed by atoms with E-state index in [2.05, 4.69) is 19.8 Å². The van der Waals surface area contributed by atoms with Gasteiger partial charge in [-0.05, 0) is 24.3 Å². The van der Waals surface area contributed by atoms with Crippen LogP contribution in [0, 0.1) is 0 Å². The standard InChI is InChI=1S/C15H11N5O2S/c21-23(22,13-5-3-4-11-10-16-8-7-12(11)13)19-15-17-14-6-1-2-9-20(14)18-15/h1-10H,(H,18,19). The van der Waals surface area contributed by atoms with Crippen molar-refractivity contribution in [2.75, 3.05) is 4.72 Å². The van der Waals surface area contributed by atoms with Crippen molar-refractivity contribution in [1.82, 2.24) is 19.6 Å². The first kappa shape index (κ1) is 13.6. The number of sulfonamides is 1. The lowest BCUT2D eigenvalue weighted by Gasteiger charge is -2.07. The monoisotopic (exact) mass is 325 g/mol. The summed E-state index contributed by atoms with van der Waals surface area (Å²) in [5, 5.41) is 5.45. The summed E-state index contributed by atoms with van der Waals surface area (Å²) in [7, 11) is -3.80. The van der Waals surface area contributed by atoms with Gasteiger partial charge in [0, 0.05) is 29.4 Å². The smallest absolute Gasteiger partial charge is 0.264 e. The van der Waals surface area contributed by atoms with Crippen LogP contribution >= 0.6 is 0 Å². The molecule has 0 amide bonds. The molecule has 1 aromatic carbocycles. The summed E-state index contributed by atoms with van der Waals surface area (Å²) in [6.07, 6.45) is 4.88. The molecule has 0 unspecified atom stereocenters. The SMILES string of the molecule is O=S(=O)(Nc1nc2ccccn2n1)c1cccc2cnccc12. The number of hydrogen-bond donors (Lipinski definition) is 1. The highest BCUT2D eigenvalue weighted by atomic mass is 32.2. The number of fused-ring (bicyclic) bond motifs is 2. The van der Waals surface area contributed by atoms with Crippen molar-refractivity contribution in [1.29, 1.82) is 0 Å². The molecule has 0 aliphatic heterocycles. The molecule has 3 aromatic heterocycles. The van der Waals surface area contributed by atoms with Gasteiger partial charge in [0.1, 0.15) is 0 Å². The molecule has 0 atom stereocenters. The highest BCUT2D eigenvalue weighted by Crippen LogP contribution is 2.23. The summed E-state index contributed by atoms with van der Waals surface area (Å²) < 4.78 is 29.3. The maximum Gasteiger partial charge on any atom is 0.264 e. The van der Waals surface area contributed by atoms with Gasteiger partial charge in [0.2, 0.25) is 0 Å². The van der Waals surface area contributed by atoms with E-state index in [1.54, 1.807) is 55.0 Å². The van der Waals surface area contributed by atoms with E-state index in [-0.39, 0.29) is 10.8 Å². The molecule has 0 fully saturated rings. The van der Waals surface area contributed by atoms with E-state index < -0.39 is 10.0 Å². The van der Waals surface area contributed by atoms with Gasteiger partial charge >= 0.3 is 0 Å². The minimum Gasteiger partial charge on any atom is -0.264 e. The molecule has 0 aliphatic rings. The van der Waals surface area contributed by atoms with E-state index in [0.29, 0.717) is 11.0 Å². The molecular weight excluding hydrogens is 314 g/mol. The zero-order chi connectivity index (χ0) is 15.9. The van der Waals surface area contributed by atoms with Gasteiger partial charge in [-0.1, -0.05) is 18.2 Å². The van der Waals surface area contributed by atoms with Crippen LogP contribution in [0.4, 0.5) is 5.95 Å². The van der Waals surface area contributed by atoms with Gasteiger partial charge in [0.15, 0.2) is 5.65 Å². The first-order valence-electron chi connectivity index (χ1n) is 6.80. The summed E-state index contributed by atoms with van der Waals surface area (Å²) in [5.41, 5.74) is 0.562. The number of rotatable bonds is 3. The highest BCUT2D eigenvalue weighted by molar-refractivity contribution is 7.93. The number of hydrogen-bond acceptors (Lipinski definition) is 5. The largest absolute Gasteiger partial charge is 0.264 e. The number of aromatic nitrogens is 4. The van der Waals surface area contributed by atoms with E-state index >= 15 is 0 Å². The molecule has 0 bridgehead atoms. The minimum atomic E-state index is -3.80. The Hall–Kier alpha value is -3.00. The molecule has 114 valence electrons. The average Bonchev–Trinajstić information content (AvgIpc) is 2.95. The average molecular weight is 325 g/mol. The number of benzene rings is 1. The third kappa shape index (κ3) is 2.38. The van der Waals surface area contributed by atoms with Gasteiger partial charge in [-0.3, -0.25) is 4.98 Å². The molecule has 4 aromatic rings. The van der Waals surface area contributed by atoms with Crippen LogP contribution in [0.2, 0.25) is 0 Å². The predicted molar refractivity (Wildman–Crippen MR) is 85.5 cm³/mol. The van der Waals surface area contributed by atoms with Gasteiger partial charge in [0.05, 0.1) is 4.90 Å². The lowest BCUT2D eigenvalue weighted by Crippen LogP contribution is -2.14. The second-order valence-corrected chi connectivity index (χ2v) is 6.55. The number of anilines is 1. The Bertz CT molecular complexity index is 1080. The van der Waals surface area contributed by atoms with Gasteiger partial charge in [-0.15, -0.1) is 5.10 Å². The molecule has 23 heavy (non-hydrogen) atoms. The van der Waals surface area contributed by atoms with Crippen LogP contribution in [0.15, 0.2) is 66.0 Å². The van der Waals surface area contributed by atoms with Crippen LogP contribution in [0.3, 0.4) is 0 Å². The molecule has 4 rings (SSSR count). The fourth-order valence-electron chi connectivity index (χ4n) is 2.38. The molecule has 0 saturated heterocycles. The number of nitrogens with zero attached hydrogens (tertiary/aromatic N) is 4. The van der Waals surface area contributed by atoms with E-state index in [9.17, 15) is 8.42 Å². The van der Waals surface area contributed by atoms with Crippen molar-refractivity contribution in [3.63, 3.8) is 0 Å². The van der Waals surface area contributed by atoms with Crippen LogP contribution in [0.1, 0.15) is 0 Å². The van der Waals surface area contributed by atoms with Gasteiger partial charge in [-0.2, -0.15) is 4.98 Å². The van der Waals surface area contributed by atoms with Gasteiger partial charge in [-0.25, -0.2) is 17.7 Å². The quantitative estimate of drug-likeness (QED) is 0.623. The van der Waals surface area contributed by atoms with Gasteiger partial charge < -0.3 is 0 Å². The molecular formula is C15H11N5O2S. The molecule has 7 nitrogen and oxygen atoms in total. The Morgan fingerprint density at radius 1 is 1.04 bits per heavy atom. The maximum absolute atomic E-state index is 12.7. The lowest BCUT2D eigenvalue weighted by atomic mass is 10.2. The Labute approximate surface area is 131 Å². The Kier molecular flexibility index (Phi) is 2.98. The van der Waals surface area contributed by atoms with Crippen LogP contribution in [0.25, 0.3) is 16.4 Å². The fourth-order valence-corrected chi connectivity index (χ4v) is 3.55. The van der Waals surface area contributed by atoms with Crippen molar-refractivity contribution in [2.45, 2.75) is 4.90 Å². The third-order valence-electron chi connectivity index (χ3n) is 3.40. The molecule has 3 heterocycles. The second-order valence-electron chi connectivity index (χ2n) is 4.90. The van der Waals surface area contributed by atoms with Crippen LogP contribution in [0.5, 0.6) is 0 Å². The van der Waals surface area contributed by atoms with Crippen LogP contribution < -0.4 is 4.72 Å². The zero-order valence-corrected chi connectivity index (χ0v) is 12.6. The Balaban J connectivity index is 1.80. The van der Waals surface area contributed by atoms with E-state index in [1.807, 2.05) is 6.07 Å². The van der Waals surface area contributed by atoms with E-state index in [1.165, 1.54) is 4.52 Å². The molecule has 8 heteroatoms. The van der Waals surface area contributed by atoms with Crippen molar-refractivity contribution in [3.8, 4) is 0 Å². The third-order valence-corrected chi connectivity index (χ3v) is 4.78. The molecule has 1 N–H and O–H groups in total. The predicted octanol–water partition coefficient (Wildman–Crippen LogP) is 2.08. The van der Waals surface area contributed by atoms with Crippen molar-refractivity contribution >= 4 is 32.4 Å². The summed E-state index contributed by atoms with van der Waals surface area (Å²) in [4.78, 5) is 8.32. The molecule has 0 radical (unpaired) electrons. The fraction of sp³-hybridized carbons (Fsp3) is 0. The topological polar surface area (TPSA) is 89.2 Å². The van der Waals surface area contributed by atoms with E-state index in [4.69, 9.17) is 0 Å². The van der Waals surface area contributed by atoms with Crippen molar-refractivity contribution in [3.05, 3.63) is 61.1 Å². The molecule has 0 spiro atoms. The first-order chi connectivity index (χ1) is 11.1. The minimum absolute atomic E-state index is 0.0299. The summed E-state index contributed by atoms with van der Waals surface area (Å²) in [6.45, 7) is 0. The molecule has 0 aliphatic carbocycles. The second kappa shape index (κ2) is 5.03. The molecule has 0 saturated carbocycles. The summed E-state index contributed by atoms with van der Waals surface area (Å²) in [5.74, 6) is 0.0299. The maximum atomic E-state index is 12.7. The summed E-state index contributed by atoms with van der Waals surface area (Å²) in [6, 6.07) is 12.0. The number of nitrogens with one attached hydrogen (secondary N) is 1. The van der Waals surface area contributed by atoms with Gasteiger partial charge in [0.25, 0.3) is 16.0 Å². The van der Waals surface area contributed by atoms with E-state index in [0.717, 1.165) is 5.39 Å². The number of pyridine rings is 2. The van der Waals surface area contributed by atoms with Crippen LogP contribution in [-0.4, -0.2) is 28.0 Å². The highest BCUT2D eigenvalue weighted by Gasteiger charge is 2.19. The summed E-state index contributed by atoms with van der Waals surface area (Å²) >= 11 is 0. The zero-order valence-electron chi connectivity index (χ0n) is 11.8. The van der Waals surface area contributed by atoms with Crippen molar-refractivity contribution in [2.24, 2.45) is 0 Å². The van der Waals surface area contributed by atoms with Crippen molar-refractivity contribution < 1.29 is 8.42 Å². The lowest BCUT2D eigenvalue weighted by molar-refractivity contribution is 0.601.